The molecule has 0 radical (unpaired) electrons. The molecular weight excluding hydrogens is 452 g/mol. The number of carboxylic acids is 1. The highest BCUT2D eigenvalue weighted by Gasteiger charge is 2.60. The number of nitrogens with one attached hydrogen (secondary N) is 1. The molecule has 32 heavy (non-hydrogen) atoms. The van der Waals surface area contributed by atoms with Gasteiger partial charge in [0.1, 0.15) is 5.70 Å². The molecule has 0 bridgehead atoms. The highest BCUT2D eigenvalue weighted by molar-refractivity contribution is 8.03. The summed E-state index contributed by atoms with van der Waals surface area (Å²) in [6.45, 7) is 8.69. The Bertz CT molecular complexity index is 808. The van der Waals surface area contributed by atoms with Crippen molar-refractivity contribution in [3.63, 3.8) is 0 Å². The second-order valence-corrected chi connectivity index (χ2v) is 11.3. The van der Waals surface area contributed by atoms with Gasteiger partial charge in [0.05, 0.1) is 50.6 Å². The van der Waals surface area contributed by atoms with E-state index in [4.69, 9.17) is 5.41 Å². The molecule has 3 fully saturated rings. The lowest BCUT2D eigenvalue weighted by Gasteiger charge is -2.46. The summed E-state index contributed by atoms with van der Waals surface area (Å²) in [5, 5.41) is 28.3. The Morgan fingerprint density at radius 2 is 1.94 bits per heavy atom. The molecule has 1 amide bonds. The number of halogens is 1. The SMILES string of the molecule is C[C@@H](O)[C@H]1C(=O)N2C(C(=O)O)=C(SC3CN(C(=N)CCC[N+]4(C)CCCC4)C3)[C@H](C)[C@H]12.[Cl-]. The molecule has 0 aliphatic carbocycles. The van der Waals surface area contributed by atoms with Crippen LogP contribution in [0.25, 0.3) is 0 Å². The smallest absolute Gasteiger partial charge is 0.353 e. The number of aliphatic hydroxyl groups excluding tert-OH is 1. The van der Waals surface area contributed by atoms with E-state index in [0.717, 1.165) is 41.9 Å². The van der Waals surface area contributed by atoms with Gasteiger partial charge < -0.3 is 36.9 Å². The lowest BCUT2D eigenvalue weighted by Crippen LogP contribution is -3.00. The number of carbonyl (C=O) groups is 2. The third-order valence-electron chi connectivity index (χ3n) is 7.59. The van der Waals surface area contributed by atoms with E-state index >= 15 is 0 Å². The Morgan fingerprint density at radius 1 is 1.31 bits per heavy atom. The Balaban J connectivity index is 0.00000289. The third kappa shape index (κ3) is 4.41. The van der Waals surface area contributed by atoms with Gasteiger partial charge in [-0.25, -0.2) is 4.79 Å². The maximum atomic E-state index is 12.4. The van der Waals surface area contributed by atoms with E-state index in [1.54, 1.807) is 18.7 Å². The first-order valence-corrected chi connectivity index (χ1v) is 12.3. The molecule has 4 aliphatic rings. The van der Waals surface area contributed by atoms with Crippen LogP contribution in [0.3, 0.4) is 0 Å². The number of amidine groups is 1. The fourth-order valence-corrected chi connectivity index (χ4v) is 7.22. The molecule has 0 saturated carbocycles. The first-order chi connectivity index (χ1) is 14.6. The van der Waals surface area contributed by atoms with Gasteiger partial charge in [-0.1, -0.05) is 6.92 Å². The molecule has 4 heterocycles. The number of aliphatic carboxylic acids is 1. The predicted octanol–water partition coefficient (Wildman–Crippen LogP) is -1.44. The molecule has 8 nitrogen and oxygen atoms in total. The molecular formula is C22H35ClN4O4S. The average Bonchev–Trinajstić information content (AvgIpc) is 3.18. The molecule has 10 heteroatoms. The van der Waals surface area contributed by atoms with Gasteiger partial charge in [0, 0.05) is 54.8 Å². The van der Waals surface area contributed by atoms with Crippen LogP contribution in [0.1, 0.15) is 39.5 Å². The summed E-state index contributed by atoms with van der Waals surface area (Å²) < 4.78 is 1.14. The molecule has 0 unspecified atom stereocenters. The van der Waals surface area contributed by atoms with Gasteiger partial charge in [0.2, 0.25) is 5.91 Å². The Labute approximate surface area is 200 Å². The van der Waals surface area contributed by atoms with Crippen LogP contribution in [-0.4, -0.2) is 99.4 Å². The predicted molar refractivity (Wildman–Crippen MR) is 120 cm³/mol. The topological polar surface area (TPSA) is 105 Å². The number of rotatable bonds is 8. The molecule has 0 aromatic rings. The summed E-state index contributed by atoms with van der Waals surface area (Å²) in [5.41, 5.74) is 0.0977. The number of carbonyl (C=O) groups excluding carboxylic acids is 1. The summed E-state index contributed by atoms with van der Waals surface area (Å²) in [6, 6.07) is -0.259. The number of thioether (sulfide) groups is 1. The monoisotopic (exact) mass is 486 g/mol. The van der Waals surface area contributed by atoms with Crippen molar-refractivity contribution in [3.8, 4) is 0 Å². The number of likely N-dealkylation sites (tertiary alicyclic amines) is 2. The summed E-state index contributed by atoms with van der Waals surface area (Å²) in [7, 11) is 2.32. The summed E-state index contributed by atoms with van der Waals surface area (Å²) in [6.07, 6.45) is 3.68. The minimum Gasteiger partial charge on any atom is -1.00 e. The van der Waals surface area contributed by atoms with E-state index < -0.39 is 18.0 Å². The molecule has 0 spiro atoms. The number of amides is 1. The van der Waals surface area contributed by atoms with E-state index in [1.165, 1.54) is 30.8 Å². The number of aliphatic hydroxyl groups is 1. The number of hydrogen-bond donors (Lipinski definition) is 3. The van der Waals surface area contributed by atoms with Crippen LogP contribution < -0.4 is 12.4 Å². The van der Waals surface area contributed by atoms with Crippen LogP contribution in [0, 0.1) is 17.2 Å². The zero-order chi connectivity index (χ0) is 22.5. The van der Waals surface area contributed by atoms with Gasteiger partial charge in [-0.3, -0.25) is 10.2 Å². The molecule has 180 valence electrons. The van der Waals surface area contributed by atoms with Gasteiger partial charge >= 0.3 is 5.97 Å². The fourth-order valence-electron chi connectivity index (χ4n) is 5.70. The highest BCUT2D eigenvalue weighted by atomic mass is 35.5. The van der Waals surface area contributed by atoms with E-state index in [2.05, 4.69) is 11.9 Å². The maximum absolute atomic E-state index is 12.4. The Hall–Kier alpha value is -1.29. The molecule has 4 rings (SSSR count). The normalized spacial score (nSPS) is 29.9. The second-order valence-electron chi connectivity index (χ2n) is 9.96. The van der Waals surface area contributed by atoms with Crippen LogP contribution >= 0.6 is 11.8 Å². The summed E-state index contributed by atoms with van der Waals surface area (Å²) in [5.74, 6) is -1.29. The molecule has 4 atom stereocenters. The van der Waals surface area contributed by atoms with Crippen molar-refractivity contribution in [3.05, 3.63) is 10.6 Å². The van der Waals surface area contributed by atoms with Crippen LogP contribution in [-0.2, 0) is 9.59 Å². The maximum Gasteiger partial charge on any atom is 0.353 e. The molecule has 4 aliphatic heterocycles. The zero-order valence-electron chi connectivity index (χ0n) is 19.1. The first kappa shape index (κ1) is 25.3. The van der Waals surface area contributed by atoms with E-state index in [1.807, 2.05) is 6.92 Å². The first-order valence-electron chi connectivity index (χ1n) is 11.4. The number of β-lactam (4-membered cyclic amide) rings is 1. The Kier molecular flexibility index (Phi) is 7.54. The average molecular weight is 487 g/mol. The number of quaternary nitrogens is 1. The third-order valence-corrected chi connectivity index (χ3v) is 9.04. The number of fused-ring (bicyclic) bond motifs is 1. The van der Waals surface area contributed by atoms with Crippen molar-refractivity contribution in [2.75, 3.05) is 39.8 Å². The van der Waals surface area contributed by atoms with E-state index in [0.29, 0.717) is 5.84 Å². The van der Waals surface area contributed by atoms with Crippen LogP contribution in [0.5, 0.6) is 0 Å². The lowest BCUT2D eigenvalue weighted by atomic mass is 9.79. The number of nitrogens with zero attached hydrogens (tertiary/aromatic N) is 3. The summed E-state index contributed by atoms with van der Waals surface area (Å²) in [4.78, 5) is 28.6. The van der Waals surface area contributed by atoms with Gasteiger partial charge in [0.25, 0.3) is 0 Å². The second kappa shape index (κ2) is 9.52. The van der Waals surface area contributed by atoms with Gasteiger partial charge in [-0.15, -0.1) is 11.8 Å². The molecule has 0 aromatic heterocycles. The highest BCUT2D eigenvalue weighted by Crippen LogP contribution is 2.51. The molecule has 0 aromatic carbocycles. The number of hydrogen-bond acceptors (Lipinski definition) is 5. The van der Waals surface area contributed by atoms with Crippen molar-refractivity contribution in [2.45, 2.75) is 56.9 Å². The van der Waals surface area contributed by atoms with Crippen LogP contribution in [0.4, 0.5) is 0 Å². The van der Waals surface area contributed by atoms with Crippen molar-refractivity contribution in [2.24, 2.45) is 11.8 Å². The molecule has 3 saturated heterocycles. The van der Waals surface area contributed by atoms with Gasteiger partial charge in [-0.05, 0) is 6.92 Å². The minimum absolute atomic E-state index is 0. The van der Waals surface area contributed by atoms with E-state index in [9.17, 15) is 19.8 Å². The molecule has 3 N–H and O–H groups in total. The summed E-state index contributed by atoms with van der Waals surface area (Å²) >= 11 is 1.55. The van der Waals surface area contributed by atoms with Gasteiger partial charge in [-0.2, -0.15) is 0 Å². The van der Waals surface area contributed by atoms with Gasteiger partial charge in [0.15, 0.2) is 0 Å². The van der Waals surface area contributed by atoms with Crippen molar-refractivity contribution >= 4 is 29.5 Å². The number of carboxylic acid groups (broad SMARTS) is 1. The van der Waals surface area contributed by atoms with Crippen LogP contribution in [0.15, 0.2) is 10.6 Å². The van der Waals surface area contributed by atoms with Crippen molar-refractivity contribution in [1.82, 2.24) is 9.80 Å². The zero-order valence-corrected chi connectivity index (χ0v) is 20.7. The fraction of sp³-hybridized carbons (Fsp3) is 0.773. The minimum atomic E-state index is -1.07. The van der Waals surface area contributed by atoms with Crippen LogP contribution in [0.2, 0.25) is 0 Å². The quantitative estimate of drug-likeness (QED) is 0.168. The van der Waals surface area contributed by atoms with Crippen molar-refractivity contribution < 1.29 is 36.7 Å². The standard InChI is InChI=1S/C22H34N4O4S.ClH/c1-13-18-17(14(2)27)21(28)25(18)19(22(29)30)20(13)31-15-11-24(12-15)16(23)7-6-10-26(3)8-4-5-9-26;/h13-15,17-18,23,27H,4-12H2,1-3H3;1H/t13-,14-,17-,18-;/m1./s1. The largest absolute Gasteiger partial charge is 1.00 e. The van der Waals surface area contributed by atoms with E-state index in [-0.39, 0.29) is 41.2 Å². The Morgan fingerprint density at radius 3 is 2.50 bits per heavy atom. The van der Waals surface area contributed by atoms with Crippen molar-refractivity contribution in [1.29, 1.82) is 5.41 Å². The lowest BCUT2D eigenvalue weighted by molar-refractivity contribution is -0.897.